The molecule has 108 valence electrons. The molecule has 0 aromatic heterocycles. The molecule has 2 aromatic carbocycles. The molecule has 0 bridgehead atoms. The molecule has 0 saturated heterocycles. The van der Waals surface area contributed by atoms with E-state index < -0.39 is 11.7 Å². The van der Waals surface area contributed by atoms with Crippen LogP contribution in [0.4, 0.5) is 4.39 Å². The molecule has 0 unspecified atom stereocenters. The summed E-state index contributed by atoms with van der Waals surface area (Å²) in [6.07, 6.45) is 1.32. The summed E-state index contributed by atoms with van der Waals surface area (Å²) in [5.41, 5.74) is 3.59. The number of halogens is 2. The van der Waals surface area contributed by atoms with Gasteiger partial charge in [0.15, 0.2) is 0 Å². The van der Waals surface area contributed by atoms with E-state index in [2.05, 4.69) is 26.5 Å². The second kappa shape index (κ2) is 6.49. The van der Waals surface area contributed by atoms with Gasteiger partial charge in [-0.25, -0.2) is 9.82 Å². The smallest absolute Gasteiger partial charge is 0.271 e. The monoisotopic (exact) mass is 350 g/mol. The molecular weight excluding hydrogens is 339 g/mol. The van der Waals surface area contributed by atoms with Gasteiger partial charge in [-0.2, -0.15) is 5.10 Å². The molecule has 0 heterocycles. The molecule has 0 fully saturated rings. The molecular formula is C15H12BrFN2O2. The van der Waals surface area contributed by atoms with Crippen molar-refractivity contribution in [3.8, 4) is 5.75 Å². The van der Waals surface area contributed by atoms with Gasteiger partial charge in [0.1, 0.15) is 11.6 Å². The molecule has 6 heteroatoms. The van der Waals surface area contributed by atoms with E-state index in [4.69, 9.17) is 0 Å². The summed E-state index contributed by atoms with van der Waals surface area (Å²) in [6, 6.07) is 8.72. The van der Waals surface area contributed by atoms with E-state index >= 15 is 0 Å². The van der Waals surface area contributed by atoms with Crippen molar-refractivity contribution >= 4 is 28.1 Å². The van der Waals surface area contributed by atoms with E-state index in [1.165, 1.54) is 24.4 Å². The van der Waals surface area contributed by atoms with E-state index in [0.29, 0.717) is 11.1 Å². The summed E-state index contributed by atoms with van der Waals surface area (Å²) in [6.45, 7) is 1.75. The molecule has 4 nitrogen and oxygen atoms in total. The molecule has 21 heavy (non-hydrogen) atoms. The molecule has 2 rings (SSSR count). The van der Waals surface area contributed by atoms with Gasteiger partial charge >= 0.3 is 0 Å². The Morgan fingerprint density at radius 1 is 1.38 bits per heavy atom. The highest BCUT2D eigenvalue weighted by atomic mass is 79.9. The fourth-order valence-electron chi connectivity index (χ4n) is 1.71. The number of hydrogen-bond acceptors (Lipinski definition) is 3. The van der Waals surface area contributed by atoms with Crippen LogP contribution in [-0.4, -0.2) is 17.2 Å². The SMILES string of the molecule is Cc1cc(Br)cc(/C=N/NC(=O)c2cccc(F)c2)c1O. The van der Waals surface area contributed by atoms with Crippen molar-refractivity contribution in [2.24, 2.45) is 5.10 Å². The number of nitrogens with one attached hydrogen (secondary N) is 1. The van der Waals surface area contributed by atoms with E-state index in [1.807, 2.05) is 0 Å². The minimum Gasteiger partial charge on any atom is -0.507 e. The summed E-state index contributed by atoms with van der Waals surface area (Å²) < 4.78 is 13.8. The van der Waals surface area contributed by atoms with Crippen LogP contribution in [0.1, 0.15) is 21.5 Å². The Hall–Kier alpha value is -2.21. The van der Waals surface area contributed by atoms with Crippen LogP contribution in [0.3, 0.4) is 0 Å². The number of benzene rings is 2. The average molecular weight is 351 g/mol. The van der Waals surface area contributed by atoms with E-state index in [0.717, 1.165) is 10.5 Å². The van der Waals surface area contributed by atoms with Gasteiger partial charge < -0.3 is 5.11 Å². The van der Waals surface area contributed by atoms with Gasteiger partial charge in [0.05, 0.1) is 6.21 Å². The number of nitrogens with zero attached hydrogens (tertiary/aromatic N) is 1. The second-order valence-corrected chi connectivity index (χ2v) is 5.29. The van der Waals surface area contributed by atoms with Gasteiger partial charge in [0.2, 0.25) is 0 Å². The van der Waals surface area contributed by atoms with Gasteiger partial charge in [0.25, 0.3) is 5.91 Å². The first-order chi connectivity index (χ1) is 9.97. The maximum atomic E-state index is 13.0. The van der Waals surface area contributed by atoms with Crippen LogP contribution in [0.15, 0.2) is 46.0 Å². The largest absolute Gasteiger partial charge is 0.507 e. The van der Waals surface area contributed by atoms with Gasteiger partial charge in [-0.3, -0.25) is 4.79 Å². The normalized spacial score (nSPS) is 10.8. The van der Waals surface area contributed by atoms with Crippen molar-refractivity contribution in [1.29, 1.82) is 0 Å². The van der Waals surface area contributed by atoms with E-state index in [1.54, 1.807) is 19.1 Å². The van der Waals surface area contributed by atoms with Crippen molar-refractivity contribution in [3.05, 3.63) is 63.4 Å². The Morgan fingerprint density at radius 3 is 2.86 bits per heavy atom. The summed E-state index contributed by atoms with van der Waals surface area (Å²) in [7, 11) is 0. The van der Waals surface area contributed by atoms with Crippen molar-refractivity contribution < 1.29 is 14.3 Å². The van der Waals surface area contributed by atoms with Crippen LogP contribution in [0.25, 0.3) is 0 Å². The minimum absolute atomic E-state index is 0.0851. The highest BCUT2D eigenvalue weighted by Gasteiger charge is 2.06. The molecule has 0 aliphatic heterocycles. The van der Waals surface area contributed by atoms with Gasteiger partial charge in [-0.05, 0) is 42.8 Å². The fourth-order valence-corrected chi connectivity index (χ4v) is 2.30. The van der Waals surface area contributed by atoms with Crippen LogP contribution >= 0.6 is 15.9 Å². The number of aromatic hydroxyl groups is 1. The Labute approximate surface area is 129 Å². The number of amides is 1. The molecule has 2 N–H and O–H groups in total. The summed E-state index contributed by atoms with van der Waals surface area (Å²) >= 11 is 3.31. The average Bonchev–Trinajstić information content (AvgIpc) is 2.43. The van der Waals surface area contributed by atoms with Crippen LogP contribution in [0, 0.1) is 12.7 Å². The lowest BCUT2D eigenvalue weighted by atomic mass is 10.1. The number of phenolic OH excluding ortho intramolecular Hbond substituents is 1. The minimum atomic E-state index is -0.531. The van der Waals surface area contributed by atoms with Crippen molar-refractivity contribution in [3.63, 3.8) is 0 Å². The van der Waals surface area contributed by atoms with E-state index in [9.17, 15) is 14.3 Å². The number of carbonyl (C=O) groups excluding carboxylic acids is 1. The summed E-state index contributed by atoms with van der Waals surface area (Å²) in [5, 5.41) is 13.6. The Morgan fingerprint density at radius 2 is 2.14 bits per heavy atom. The number of phenols is 1. The van der Waals surface area contributed by atoms with Crippen molar-refractivity contribution in [1.82, 2.24) is 5.43 Å². The predicted octanol–water partition coefficient (Wildman–Crippen LogP) is 3.37. The maximum Gasteiger partial charge on any atom is 0.271 e. The number of hydrazone groups is 1. The van der Waals surface area contributed by atoms with E-state index in [-0.39, 0.29) is 11.3 Å². The third kappa shape index (κ3) is 3.88. The second-order valence-electron chi connectivity index (χ2n) is 4.37. The summed E-state index contributed by atoms with van der Waals surface area (Å²) in [5.74, 6) is -0.939. The van der Waals surface area contributed by atoms with Gasteiger partial charge in [0, 0.05) is 15.6 Å². The first-order valence-electron chi connectivity index (χ1n) is 6.05. The zero-order valence-corrected chi connectivity index (χ0v) is 12.7. The Bertz CT molecular complexity index is 717. The number of hydrogen-bond donors (Lipinski definition) is 2. The lowest BCUT2D eigenvalue weighted by Gasteiger charge is -2.04. The first-order valence-corrected chi connectivity index (χ1v) is 6.85. The van der Waals surface area contributed by atoms with Gasteiger partial charge in [-0.1, -0.05) is 22.0 Å². The maximum absolute atomic E-state index is 13.0. The molecule has 0 radical (unpaired) electrons. The lowest BCUT2D eigenvalue weighted by Crippen LogP contribution is -2.17. The first kappa shape index (κ1) is 15.2. The zero-order valence-electron chi connectivity index (χ0n) is 11.1. The molecule has 1 amide bonds. The van der Waals surface area contributed by atoms with Crippen molar-refractivity contribution in [2.45, 2.75) is 6.92 Å². The quantitative estimate of drug-likeness (QED) is 0.658. The zero-order chi connectivity index (χ0) is 15.4. The van der Waals surface area contributed by atoms with Gasteiger partial charge in [-0.15, -0.1) is 0 Å². The molecule has 0 atom stereocenters. The number of aryl methyl sites for hydroxylation is 1. The van der Waals surface area contributed by atoms with Crippen molar-refractivity contribution in [2.75, 3.05) is 0 Å². The molecule has 0 aliphatic carbocycles. The Balaban J connectivity index is 2.11. The molecule has 2 aromatic rings. The van der Waals surface area contributed by atoms with Crippen LogP contribution in [0.5, 0.6) is 5.75 Å². The topological polar surface area (TPSA) is 61.7 Å². The third-order valence-electron chi connectivity index (χ3n) is 2.75. The highest BCUT2D eigenvalue weighted by molar-refractivity contribution is 9.10. The van der Waals surface area contributed by atoms with Crippen LogP contribution in [-0.2, 0) is 0 Å². The lowest BCUT2D eigenvalue weighted by molar-refractivity contribution is 0.0954. The van der Waals surface area contributed by atoms with Crippen LogP contribution < -0.4 is 5.43 Å². The number of rotatable bonds is 3. The highest BCUT2D eigenvalue weighted by Crippen LogP contribution is 2.25. The predicted molar refractivity (Wildman–Crippen MR) is 82.0 cm³/mol. The molecule has 0 aliphatic rings. The molecule has 0 saturated carbocycles. The Kier molecular flexibility index (Phi) is 4.70. The van der Waals surface area contributed by atoms with Crippen LogP contribution in [0.2, 0.25) is 0 Å². The molecule has 0 spiro atoms. The fraction of sp³-hybridized carbons (Fsp3) is 0.0667. The number of carbonyl (C=O) groups is 1. The standard InChI is InChI=1S/C15H12BrFN2O2/c1-9-5-12(16)6-11(14(9)20)8-18-19-15(21)10-3-2-4-13(17)7-10/h2-8,20H,1H3,(H,19,21)/b18-8+. The third-order valence-corrected chi connectivity index (χ3v) is 3.21. The summed E-state index contributed by atoms with van der Waals surface area (Å²) in [4.78, 5) is 11.7.